The van der Waals surface area contributed by atoms with Crippen molar-refractivity contribution in [3.8, 4) is 16.9 Å². The third-order valence-electron chi connectivity index (χ3n) is 6.41. The number of hydrogen-bond acceptors (Lipinski definition) is 3. The molecule has 2 aromatic carbocycles. The van der Waals surface area contributed by atoms with E-state index < -0.39 is 5.97 Å². The Balaban J connectivity index is 1.66. The summed E-state index contributed by atoms with van der Waals surface area (Å²) in [7, 11) is 1.86. The summed E-state index contributed by atoms with van der Waals surface area (Å²) in [5.41, 5.74) is 2.87. The molecule has 3 rings (SSSR count). The first-order chi connectivity index (χ1) is 14.6. The van der Waals surface area contributed by atoms with Gasteiger partial charge in [0, 0.05) is 19.3 Å². The van der Waals surface area contributed by atoms with Crippen molar-refractivity contribution in [2.45, 2.75) is 59.0 Å². The Morgan fingerprint density at radius 1 is 1.10 bits per heavy atom. The first kappa shape index (κ1) is 23.1. The topological polar surface area (TPSA) is 49.8 Å². The van der Waals surface area contributed by atoms with Crippen LogP contribution in [-0.4, -0.2) is 30.8 Å². The molecule has 31 heavy (non-hydrogen) atoms. The van der Waals surface area contributed by atoms with Crippen LogP contribution < -0.4 is 9.64 Å². The zero-order valence-electron chi connectivity index (χ0n) is 19.0. The minimum absolute atomic E-state index is 0.0685. The molecule has 5 heteroatoms. The fraction of sp³-hybridized carbons (Fsp3) is 0.500. The smallest absolute Gasteiger partial charge is 0.305 e. The maximum atomic E-state index is 14.8. The van der Waals surface area contributed by atoms with Gasteiger partial charge in [-0.15, -0.1) is 0 Å². The number of carbonyl (C=O) groups is 1. The largest absolute Gasteiger partial charge is 0.487 e. The fourth-order valence-corrected chi connectivity index (χ4v) is 4.32. The fourth-order valence-electron chi connectivity index (χ4n) is 4.32. The first-order valence-corrected chi connectivity index (χ1v) is 11.1. The molecule has 168 valence electrons. The molecule has 0 heterocycles. The molecule has 0 amide bonds. The summed E-state index contributed by atoms with van der Waals surface area (Å²) >= 11 is 0. The second-order valence-electron chi connectivity index (χ2n) is 9.72. The van der Waals surface area contributed by atoms with E-state index in [2.05, 4.69) is 20.8 Å². The molecule has 1 aliphatic rings. The summed E-state index contributed by atoms with van der Waals surface area (Å²) in [6, 6.07) is 12.8. The molecule has 2 aromatic rings. The third kappa shape index (κ3) is 6.22. The van der Waals surface area contributed by atoms with E-state index in [4.69, 9.17) is 9.84 Å². The molecule has 0 spiro atoms. The predicted octanol–water partition coefficient (Wildman–Crippen LogP) is 6.39. The van der Waals surface area contributed by atoms with Crippen LogP contribution >= 0.6 is 0 Å². The molecular weight excluding hydrogens is 393 g/mol. The van der Waals surface area contributed by atoms with Gasteiger partial charge in [0.2, 0.25) is 0 Å². The van der Waals surface area contributed by atoms with Gasteiger partial charge in [-0.2, -0.15) is 0 Å². The lowest BCUT2D eigenvalue weighted by atomic mass is 9.72. The number of hydrogen-bond donors (Lipinski definition) is 1. The number of halogens is 1. The van der Waals surface area contributed by atoms with E-state index in [0.29, 0.717) is 23.6 Å². The molecule has 0 unspecified atom stereocenters. The van der Waals surface area contributed by atoms with Crippen LogP contribution in [0.1, 0.15) is 52.9 Å². The number of nitrogens with zero attached hydrogens (tertiary/aromatic N) is 1. The molecule has 4 nitrogen and oxygen atoms in total. The van der Waals surface area contributed by atoms with Gasteiger partial charge in [-0.05, 0) is 72.4 Å². The van der Waals surface area contributed by atoms with E-state index in [1.807, 2.05) is 42.3 Å². The Labute approximate surface area is 185 Å². The molecule has 0 aliphatic heterocycles. The number of benzene rings is 2. The van der Waals surface area contributed by atoms with Crippen molar-refractivity contribution in [3.63, 3.8) is 0 Å². The van der Waals surface area contributed by atoms with Gasteiger partial charge < -0.3 is 14.7 Å². The van der Waals surface area contributed by atoms with Gasteiger partial charge >= 0.3 is 5.97 Å². The number of anilines is 1. The SMILES string of the molecule is CN(CCC(=O)O)c1cccc(-c2ccc(O[C@H]3CC[C@H](C(C)(C)C)CC3)c(F)c2)c1. The molecule has 1 saturated carbocycles. The number of carboxylic acid groups (broad SMARTS) is 1. The van der Waals surface area contributed by atoms with E-state index in [1.165, 1.54) is 6.07 Å². The second kappa shape index (κ2) is 9.71. The molecule has 0 aromatic heterocycles. The summed E-state index contributed by atoms with van der Waals surface area (Å²) in [6.45, 7) is 7.28. The van der Waals surface area contributed by atoms with Crippen LogP contribution in [-0.2, 0) is 4.79 Å². The maximum Gasteiger partial charge on any atom is 0.305 e. The van der Waals surface area contributed by atoms with Crippen molar-refractivity contribution in [1.82, 2.24) is 0 Å². The Kier molecular flexibility index (Phi) is 7.24. The summed E-state index contributed by atoms with van der Waals surface area (Å²) in [5, 5.41) is 8.88. The quantitative estimate of drug-likeness (QED) is 0.556. The zero-order valence-corrected chi connectivity index (χ0v) is 19.0. The number of rotatable bonds is 7. The monoisotopic (exact) mass is 427 g/mol. The number of ether oxygens (including phenoxy) is 1. The highest BCUT2D eigenvalue weighted by molar-refractivity contribution is 5.70. The maximum absolute atomic E-state index is 14.8. The van der Waals surface area contributed by atoms with E-state index >= 15 is 0 Å². The lowest BCUT2D eigenvalue weighted by Gasteiger charge is -2.37. The van der Waals surface area contributed by atoms with Crippen molar-refractivity contribution in [2.24, 2.45) is 11.3 Å². The Bertz CT molecular complexity index is 898. The highest BCUT2D eigenvalue weighted by Gasteiger charge is 2.30. The molecular formula is C26H34FNO3. The molecule has 1 aliphatic carbocycles. The van der Waals surface area contributed by atoms with Crippen molar-refractivity contribution < 1.29 is 19.0 Å². The summed E-state index contributed by atoms with van der Waals surface area (Å²) < 4.78 is 20.8. The van der Waals surface area contributed by atoms with Crippen LogP contribution in [0.15, 0.2) is 42.5 Å². The Morgan fingerprint density at radius 2 is 1.77 bits per heavy atom. The summed E-state index contributed by atoms with van der Waals surface area (Å²) in [4.78, 5) is 12.7. The van der Waals surface area contributed by atoms with Gasteiger partial charge in [-0.25, -0.2) is 4.39 Å². The van der Waals surface area contributed by atoms with Crippen LogP contribution in [0.3, 0.4) is 0 Å². The third-order valence-corrected chi connectivity index (χ3v) is 6.41. The molecule has 1 N–H and O–H groups in total. The summed E-state index contributed by atoms with van der Waals surface area (Å²) in [5.74, 6) is -0.161. The lowest BCUT2D eigenvalue weighted by Crippen LogP contribution is -2.30. The Hall–Kier alpha value is -2.56. The number of carboxylic acids is 1. The van der Waals surface area contributed by atoms with E-state index in [-0.39, 0.29) is 18.3 Å². The van der Waals surface area contributed by atoms with Gasteiger partial charge in [-0.1, -0.05) is 39.0 Å². The van der Waals surface area contributed by atoms with Crippen LogP contribution in [0, 0.1) is 17.2 Å². The molecule has 0 atom stereocenters. The highest BCUT2D eigenvalue weighted by Crippen LogP contribution is 2.39. The minimum atomic E-state index is -0.826. The summed E-state index contributed by atoms with van der Waals surface area (Å²) in [6.07, 6.45) is 4.32. The van der Waals surface area contributed by atoms with Gasteiger partial charge in [-0.3, -0.25) is 4.79 Å². The van der Waals surface area contributed by atoms with Gasteiger partial charge in [0.25, 0.3) is 0 Å². The van der Waals surface area contributed by atoms with E-state index in [0.717, 1.165) is 42.5 Å². The average molecular weight is 428 g/mol. The minimum Gasteiger partial charge on any atom is -0.487 e. The van der Waals surface area contributed by atoms with Crippen molar-refractivity contribution in [3.05, 3.63) is 48.3 Å². The molecule has 0 radical (unpaired) electrons. The second-order valence-corrected chi connectivity index (χ2v) is 9.72. The normalized spacial score (nSPS) is 19.1. The molecule has 0 bridgehead atoms. The van der Waals surface area contributed by atoms with Crippen LogP contribution in [0.5, 0.6) is 5.75 Å². The standard InChI is InChI=1S/C26H34FNO3/c1-26(2,3)20-9-11-22(12-10-20)31-24-13-8-19(17-23(24)27)18-6-5-7-21(16-18)28(4)15-14-25(29)30/h5-8,13,16-17,20,22H,9-12,14-15H2,1-4H3,(H,29,30)/t20-,22-. The van der Waals surface area contributed by atoms with Crippen LogP contribution in [0.4, 0.5) is 10.1 Å². The van der Waals surface area contributed by atoms with Gasteiger partial charge in [0.1, 0.15) is 0 Å². The molecule has 1 fully saturated rings. The lowest BCUT2D eigenvalue weighted by molar-refractivity contribution is -0.136. The van der Waals surface area contributed by atoms with Gasteiger partial charge in [0.05, 0.1) is 12.5 Å². The van der Waals surface area contributed by atoms with Crippen LogP contribution in [0.25, 0.3) is 11.1 Å². The van der Waals surface area contributed by atoms with Crippen molar-refractivity contribution in [1.29, 1.82) is 0 Å². The first-order valence-electron chi connectivity index (χ1n) is 11.1. The predicted molar refractivity (Wildman–Crippen MR) is 123 cm³/mol. The van der Waals surface area contributed by atoms with E-state index in [9.17, 15) is 9.18 Å². The van der Waals surface area contributed by atoms with Crippen molar-refractivity contribution >= 4 is 11.7 Å². The zero-order chi connectivity index (χ0) is 22.6. The molecule has 0 saturated heterocycles. The number of aliphatic carboxylic acids is 1. The Morgan fingerprint density at radius 3 is 2.39 bits per heavy atom. The van der Waals surface area contributed by atoms with Crippen molar-refractivity contribution in [2.75, 3.05) is 18.5 Å². The van der Waals surface area contributed by atoms with Gasteiger partial charge in [0.15, 0.2) is 11.6 Å². The van der Waals surface area contributed by atoms with E-state index in [1.54, 1.807) is 6.07 Å². The van der Waals surface area contributed by atoms with Crippen LogP contribution in [0.2, 0.25) is 0 Å². The average Bonchev–Trinajstić information content (AvgIpc) is 2.73. The highest BCUT2D eigenvalue weighted by atomic mass is 19.1.